The van der Waals surface area contributed by atoms with Crippen LogP contribution in [0.25, 0.3) is 0 Å². The predicted molar refractivity (Wildman–Crippen MR) is 39.9 cm³/mol. The highest BCUT2D eigenvalue weighted by atomic mass is 35.5. The second-order valence-electron chi connectivity index (χ2n) is 2.32. The molecular formula is C7H18ClNO2. The summed E-state index contributed by atoms with van der Waals surface area (Å²) in [4.78, 5) is 1.17. The summed E-state index contributed by atoms with van der Waals surface area (Å²) >= 11 is 0. The highest BCUT2D eigenvalue weighted by molar-refractivity contribution is 4.17. The van der Waals surface area contributed by atoms with Crippen molar-refractivity contribution in [3.05, 3.63) is 0 Å². The van der Waals surface area contributed by atoms with Gasteiger partial charge in [-0.3, -0.25) is 4.90 Å². The van der Waals surface area contributed by atoms with Crippen molar-refractivity contribution < 1.29 is 26.8 Å². The first-order valence-electron chi connectivity index (χ1n) is 3.75. The Morgan fingerprint density at radius 2 is 1.45 bits per heavy atom. The number of hydrogen-bond donors (Lipinski definition) is 1. The van der Waals surface area contributed by atoms with Gasteiger partial charge in [-0.25, -0.2) is 0 Å². The van der Waals surface area contributed by atoms with Gasteiger partial charge in [-0.2, -0.15) is 0 Å². The van der Waals surface area contributed by atoms with E-state index < -0.39 is 0 Å². The predicted octanol–water partition coefficient (Wildman–Crippen LogP) is -3.51. The molecule has 0 aromatic heterocycles. The second-order valence-corrected chi connectivity index (χ2v) is 2.32. The number of quaternary nitrogens is 1. The fraction of sp³-hybridized carbons (Fsp3) is 1.00. The minimum atomic E-state index is -0.102. The maximum absolute atomic E-state index is 5.28. The standard InChI is InChI=1S/C7H17NO2.ClH/c1-5-9-7(8(3)4)10-6-2;/h7H,5-6H2,1-4H3;1H. The molecule has 0 spiro atoms. The highest BCUT2D eigenvalue weighted by Gasteiger charge is 2.12. The third-order valence-corrected chi connectivity index (χ3v) is 1.11. The molecule has 0 saturated carbocycles. The first-order valence-corrected chi connectivity index (χ1v) is 3.75. The zero-order valence-corrected chi connectivity index (χ0v) is 8.44. The van der Waals surface area contributed by atoms with E-state index in [1.807, 2.05) is 27.9 Å². The van der Waals surface area contributed by atoms with Crippen molar-refractivity contribution in [2.24, 2.45) is 0 Å². The molecule has 11 heavy (non-hydrogen) atoms. The molecule has 0 radical (unpaired) electrons. The van der Waals surface area contributed by atoms with Gasteiger partial charge in [0.2, 0.25) is 0 Å². The number of rotatable bonds is 5. The summed E-state index contributed by atoms with van der Waals surface area (Å²) in [7, 11) is 4.02. The minimum absolute atomic E-state index is 0. The molecule has 4 heteroatoms. The summed E-state index contributed by atoms with van der Waals surface area (Å²) in [6.45, 7) is 5.34. The summed E-state index contributed by atoms with van der Waals surface area (Å²) in [5.41, 5.74) is 0. The number of nitrogens with one attached hydrogen (secondary N) is 1. The van der Waals surface area contributed by atoms with E-state index in [9.17, 15) is 0 Å². The van der Waals surface area contributed by atoms with Gasteiger partial charge < -0.3 is 21.9 Å². The Morgan fingerprint density at radius 3 is 1.64 bits per heavy atom. The summed E-state index contributed by atoms with van der Waals surface area (Å²) in [5, 5.41) is 0. The Labute approximate surface area is 75.1 Å². The SMILES string of the molecule is CCOC(OCC)[NH+](C)C.[Cl-]. The maximum atomic E-state index is 5.28. The molecule has 70 valence electrons. The van der Waals surface area contributed by atoms with Crippen LogP contribution in [-0.2, 0) is 9.47 Å². The molecule has 0 aliphatic heterocycles. The fourth-order valence-corrected chi connectivity index (χ4v) is 0.684. The van der Waals surface area contributed by atoms with E-state index in [1.165, 1.54) is 4.90 Å². The van der Waals surface area contributed by atoms with Crippen LogP contribution >= 0.6 is 0 Å². The van der Waals surface area contributed by atoms with Gasteiger partial charge in [0.05, 0.1) is 27.3 Å². The van der Waals surface area contributed by atoms with E-state index in [4.69, 9.17) is 9.47 Å². The number of halogens is 1. The lowest BCUT2D eigenvalue weighted by Gasteiger charge is -2.19. The fourth-order valence-electron chi connectivity index (χ4n) is 0.684. The average Bonchev–Trinajstić information content (AvgIpc) is 1.87. The minimum Gasteiger partial charge on any atom is -1.00 e. The van der Waals surface area contributed by atoms with Crippen molar-refractivity contribution in [2.45, 2.75) is 20.3 Å². The zero-order chi connectivity index (χ0) is 7.98. The second kappa shape index (κ2) is 8.27. The van der Waals surface area contributed by atoms with Gasteiger partial charge in [-0.05, 0) is 13.8 Å². The van der Waals surface area contributed by atoms with E-state index >= 15 is 0 Å². The third kappa shape index (κ3) is 6.56. The normalized spacial score (nSPS) is 10.4. The molecular weight excluding hydrogens is 166 g/mol. The number of ether oxygens (including phenoxy) is 2. The van der Waals surface area contributed by atoms with E-state index in [1.54, 1.807) is 0 Å². The number of hydrogen-bond acceptors (Lipinski definition) is 2. The van der Waals surface area contributed by atoms with Crippen molar-refractivity contribution in [2.75, 3.05) is 27.3 Å². The Morgan fingerprint density at radius 1 is 1.09 bits per heavy atom. The van der Waals surface area contributed by atoms with Crippen molar-refractivity contribution in [1.82, 2.24) is 0 Å². The van der Waals surface area contributed by atoms with Crippen molar-refractivity contribution in [1.29, 1.82) is 0 Å². The summed E-state index contributed by atoms with van der Waals surface area (Å²) in [5.74, 6) is 0. The van der Waals surface area contributed by atoms with Crippen LogP contribution in [0.1, 0.15) is 13.8 Å². The van der Waals surface area contributed by atoms with Gasteiger partial charge in [-0.1, -0.05) is 0 Å². The van der Waals surface area contributed by atoms with Crippen LogP contribution in [0.3, 0.4) is 0 Å². The van der Waals surface area contributed by atoms with Crippen LogP contribution < -0.4 is 17.3 Å². The smallest absolute Gasteiger partial charge is 0.306 e. The van der Waals surface area contributed by atoms with E-state index in [0.717, 1.165) is 0 Å². The van der Waals surface area contributed by atoms with Gasteiger partial charge in [0, 0.05) is 0 Å². The molecule has 0 aliphatic rings. The van der Waals surface area contributed by atoms with Crippen LogP contribution in [0, 0.1) is 0 Å². The topological polar surface area (TPSA) is 22.9 Å². The Bertz CT molecular complexity index is 74.8. The first-order chi connectivity index (χ1) is 4.72. The summed E-state index contributed by atoms with van der Waals surface area (Å²) in [6, 6.07) is 0. The van der Waals surface area contributed by atoms with Gasteiger partial charge in [-0.15, -0.1) is 0 Å². The molecule has 0 amide bonds. The van der Waals surface area contributed by atoms with Gasteiger partial charge in [0.15, 0.2) is 0 Å². The largest absolute Gasteiger partial charge is 1.00 e. The van der Waals surface area contributed by atoms with Crippen molar-refractivity contribution in [3.63, 3.8) is 0 Å². The molecule has 0 aromatic rings. The maximum Gasteiger partial charge on any atom is 0.306 e. The van der Waals surface area contributed by atoms with Gasteiger partial charge >= 0.3 is 6.41 Å². The molecule has 0 aromatic carbocycles. The van der Waals surface area contributed by atoms with Gasteiger partial charge in [0.25, 0.3) is 0 Å². The summed E-state index contributed by atoms with van der Waals surface area (Å²) in [6.07, 6.45) is -0.102. The zero-order valence-electron chi connectivity index (χ0n) is 7.69. The van der Waals surface area contributed by atoms with Gasteiger partial charge in [0.1, 0.15) is 0 Å². The molecule has 0 rings (SSSR count). The Kier molecular flexibility index (Phi) is 10.3. The van der Waals surface area contributed by atoms with Crippen molar-refractivity contribution >= 4 is 0 Å². The molecule has 0 saturated heterocycles. The quantitative estimate of drug-likeness (QED) is 0.447. The molecule has 0 unspecified atom stereocenters. The Balaban J connectivity index is 0. The molecule has 0 fully saturated rings. The van der Waals surface area contributed by atoms with Crippen LogP contribution in [0.15, 0.2) is 0 Å². The third-order valence-electron chi connectivity index (χ3n) is 1.11. The lowest BCUT2D eigenvalue weighted by molar-refractivity contribution is -0.939. The average molecular weight is 184 g/mol. The van der Waals surface area contributed by atoms with E-state index in [2.05, 4.69) is 0 Å². The lowest BCUT2D eigenvalue weighted by atomic mass is 10.8. The van der Waals surface area contributed by atoms with Crippen LogP contribution in [0.4, 0.5) is 0 Å². The van der Waals surface area contributed by atoms with Crippen LogP contribution in [-0.4, -0.2) is 33.7 Å². The molecule has 0 atom stereocenters. The lowest BCUT2D eigenvalue weighted by Crippen LogP contribution is -3.10. The molecule has 3 nitrogen and oxygen atoms in total. The van der Waals surface area contributed by atoms with E-state index in [0.29, 0.717) is 13.2 Å². The monoisotopic (exact) mass is 183 g/mol. The molecule has 0 heterocycles. The molecule has 0 bridgehead atoms. The molecule has 0 aliphatic carbocycles. The van der Waals surface area contributed by atoms with Crippen LogP contribution in [0.5, 0.6) is 0 Å². The van der Waals surface area contributed by atoms with Crippen molar-refractivity contribution in [3.8, 4) is 0 Å². The first kappa shape index (κ1) is 13.7. The highest BCUT2D eigenvalue weighted by Crippen LogP contribution is 1.83. The molecule has 1 N–H and O–H groups in total. The summed E-state index contributed by atoms with van der Waals surface area (Å²) < 4.78 is 10.6. The Hall–Kier alpha value is 0.170. The van der Waals surface area contributed by atoms with Crippen LogP contribution in [0.2, 0.25) is 0 Å². The van der Waals surface area contributed by atoms with E-state index in [-0.39, 0.29) is 18.8 Å².